The standard InChI is InChI=1S/C13H21NO2/c1-6-11-7-8-14(10(2)9-11)12(15)16-13(3,4)5/h1,10-11H,7-9H2,2-5H3/t10-,11+/m1/s1. The first-order chi connectivity index (χ1) is 7.33. The Morgan fingerprint density at radius 2 is 2.12 bits per heavy atom. The Morgan fingerprint density at radius 1 is 1.50 bits per heavy atom. The van der Waals surface area contributed by atoms with Crippen molar-refractivity contribution >= 4 is 6.09 Å². The topological polar surface area (TPSA) is 29.5 Å². The highest BCUT2D eigenvalue weighted by atomic mass is 16.6. The molecule has 0 radical (unpaired) electrons. The van der Waals surface area contributed by atoms with Gasteiger partial charge in [0.1, 0.15) is 5.60 Å². The van der Waals surface area contributed by atoms with Crippen molar-refractivity contribution in [2.24, 2.45) is 5.92 Å². The number of likely N-dealkylation sites (tertiary alicyclic amines) is 1. The summed E-state index contributed by atoms with van der Waals surface area (Å²) < 4.78 is 5.35. The molecule has 3 heteroatoms. The fraction of sp³-hybridized carbons (Fsp3) is 0.769. The van der Waals surface area contributed by atoms with Crippen molar-refractivity contribution in [3.63, 3.8) is 0 Å². The summed E-state index contributed by atoms with van der Waals surface area (Å²) in [5.74, 6) is 3.06. The van der Waals surface area contributed by atoms with E-state index in [0.717, 1.165) is 12.8 Å². The Hall–Kier alpha value is -1.17. The molecule has 3 nitrogen and oxygen atoms in total. The van der Waals surface area contributed by atoms with Crippen molar-refractivity contribution in [3.8, 4) is 12.3 Å². The predicted octanol–water partition coefficient (Wildman–Crippen LogP) is 2.66. The summed E-state index contributed by atoms with van der Waals surface area (Å²) in [5.41, 5.74) is -0.431. The van der Waals surface area contributed by atoms with Gasteiger partial charge in [-0.15, -0.1) is 12.3 Å². The van der Waals surface area contributed by atoms with Crippen molar-refractivity contribution in [2.45, 2.75) is 52.2 Å². The highest BCUT2D eigenvalue weighted by Gasteiger charge is 2.30. The Labute approximate surface area is 98.1 Å². The molecule has 1 aliphatic rings. The van der Waals surface area contributed by atoms with Crippen molar-refractivity contribution in [3.05, 3.63) is 0 Å². The van der Waals surface area contributed by atoms with Gasteiger partial charge in [-0.2, -0.15) is 0 Å². The van der Waals surface area contributed by atoms with Gasteiger partial charge in [-0.25, -0.2) is 4.79 Å². The van der Waals surface area contributed by atoms with Crippen LogP contribution in [0.5, 0.6) is 0 Å². The summed E-state index contributed by atoms with van der Waals surface area (Å²) in [6.07, 6.45) is 6.92. The lowest BCUT2D eigenvalue weighted by atomic mass is 9.93. The first-order valence-corrected chi connectivity index (χ1v) is 5.79. The first kappa shape index (κ1) is 12.9. The summed E-state index contributed by atoms with van der Waals surface area (Å²) in [7, 11) is 0. The van der Waals surface area contributed by atoms with Gasteiger partial charge in [-0.1, -0.05) is 0 Å². The molecule has 1 heterocycles. The van der Waals surface area contributed by atoms with Gasteiger partial charge in [-0.3, -0.25) is 0 Å². The van der Waals surface area contributed by atoms with E-state index in [9.17, 15) is 4.79 Å². The molecule has 90 valence electrons. The number of nitrogens with zero attached hydrogens (tertiary/aromatic N) is 1. The molecule has 0 aliphatic carbocycles. The normalized spacial score (nSPS) is 26.1. The number of rotatable bonds is 0. The molecule has 16 heavy (non-hydrogen) atoms. The molecule has 2 atom stereocenters. The average Bonchev–Trinajstić information content (AvgIpc) is 2.14. The van der Waals surface area contributed by atoms with Gasteiger partial charge < -0.3 is 9.64 Å². The summed E-state index contributed by atoms with van der Waals surface area (Å²) >= 11 is 0. The van der Waals surface area contributed by atoms with E-state index in [4.69, 9.17) is 11.2 Å². The summed E-state index contributed by atoms with van der Waals surface area (Å²) in [5, 5.41) is 0. The van der Waals surface area contributed by atoms with Gasteiger partial charge >= 0.3 is 6.09 Å². The van der Waals surface area contributed by atoms with Crippen LogP contribution < -0.4 is 0 Å². The molecular weight excluding hydrogens is 202 g/mol. The van der Waals surface area contributed by atoms with Crippen molar-refractivity contribution in [1.29, 1.82) is 0 Å². The zero-order valence-corrected chi connectivity index (χ0v) is 10.6. The molecule has 0 spiro atoms. The number of amides is 1. The van der Waals surface area contributed by atoms with Crippen LogP contribution in [-0.4, -0.2) is 29.2 Å². The zero-order chi connectivity index (χ0) is 12.3. The molecule has 0 N–H and O–H groups in total. The minimum Gasteiger partial charge on any atom is -0.444 e. The maximum absolute atomic E-state index is 11.9. The number of carbonyl (C=O) groups excluding carboxylic acids is 1. The van der Waals surface area contributed by atoms with Crippen LogP contribution in [0.15, 0.2) is 0 Å². The summed E-state index contributed by atoms with van der Waals surface area (Å²) in [6, 6.07) is 0.171. The van der Waals surface area contributed by atoms with E-state index in [1.165, 1.54) is 0 Å². The van der Waals surface area contributed by atoms with Gasteiger partial charge in [-0.05, 0) is 40.5 Å². The summed E-state index contributed by atoms with van der Waals surface area (Å²) in [6.45, 7) is 8.36. The summed E-state index contributed by atoms with van der Waals surface area (Å²) in [4.78, 5) is 13.6. The Bertz CT molecular complexity index is 298. The van der Waals surface area contributed by atoms with Crippen LogP contribution >= 0.6 is 0 Å². The molecular formula is C13H21NO2. The van der Waals surface area contributed by atoms with Crippen LogP contribution in [0.3, 0.4) is 0 Å². The molecule has 1 amide bonds. The van der Waals surface area contributed by atoms with E-state index in [1.54, 1.807) is 4.90 Å². The highest BCUT2D eigenvalue weighted by molar-refractivity contribution is 5.68. The van der Waals surface area contributed by atoms with Gasteiger partial charge in [0.05, 0.1) is 0 Å². The molecule has 1 rings (SSSR count). The number of hydrogen-bond donors (Lipinski definition) is 0. The molecule has 0 aromatic heterocycles. The van der Waals surface area contributed by atoms with Crippen LogP contribution in [0, 0.1) is 18.3 Å². The Balaban J connectivity index is 2.56. The lowest BCUT2D eigenvalue weighted by Gasteiger charge is -2.36. The van der Waals surface area contributed by atoms with Crippen LogP contribution in [0.4, 0.5) is 4.79 Å². The average molecular weight is 223 g/mol. The number of hydrogen-bond acceptors (Lipinski definition) is 2. The smallest absolute Gasteiger partial charge is 0.410 e. The van der Waals surface area contributed by atoms with Gasteiger partial charge in [0, 0.05) is 18.5 Å². The van der Waals surface area contributed by atoms with Crippen LogP contribution in [0.2, 0.25) is 0 Å². The zero-order valence-electron chi connectivity index (χ0n) is 10.6. The third-order valence-electron chi connectivity index (χ3n) is 2.74. The lowest BCUT2D eigenvalue weighted by molar-refractivity contribution is 0.00956. The van der Waals surface area contributed by atoms with Crippen molar-refractivity contribution < 1.29 is 9.53 Å². The quantitative estimate of drug-likeness (QED) is 0.591. The minimum atomic E-state index is -0.431. The van der Waals surface area contributed by atoms with E-state index in [2.05, 4.69) is 5.92 Å². The molecule has 1 aliphatic heterocycles. The Kier molecular flexibility index (Phi) is 3.85. The third kappa shape index (κ3) is 3.44. The van der Waals surface area contributed by atoms with Crippen LogP contribution in [0.1, 0.15) is 40.5 Å². The van der Waals surface area contributed by atoms with Gasteiger partial charge in [0.2, 0.25) is 0 Å². The second kappa shape index (κ2) is 4.78. The molecule has 0 bridgehead atoms. The van der Waals surface area contributed by atoms with E-state index < -0.39 is 5.60 Å². The number of piperidine rings is 1. The van der Waals surface area contributed by atoms with Crippen molar-refractivity contribution in [2.75, 3.05) is 6.54 Å². The molecule has 1 fully saturated rings. The SMILES string of the molecule is C#C[C@H]1CCN(C(=O)OC(C)(C)C)[C@H](C)C1. The fourth-order valence-corrected chi connectivity index (χ4v) is 1.92. The minimum absolute atomic E-state index is 0.171. The van der Waals surface area contributed by atoms with Crippen LogP contribution in [0.25, 0.3) is 0 Å². The largest absolute Gasteiger partial charge is 0.444 e. The van der Waals surface area contributed by atoms with E-state index >= 15 is 0 Å². The first-order valence-electron chi connectivity index (χ1n) is 5.79. The maximum Gasteiger partial charge on any atom is 0.410 e. The predicted molar refractivity (Wildman–Crippen MR) is 64.0 cm³/mol. The molecule has 0 saturated carbocycles. The highest BCUT2D eigenvalue weighted by Crippen LogP contribution is 2.23. The van der Waals surface area contributed by atoms with Gasteiger partial charge in [0.15, 0.2) is 0 Å². The monoisotopic (exact) mass is 223 g/mol. The lowest BCUT2D eigenvalue weighted by Crippen LogP contribution is -2.46. The van der Waals surface area contributed by atoms with E-state index in [0.29, 0.717) is 12.5 Å². The molecule has 1 saturated heterocycles. The molecule has 0 aromatic carbocycles. The number of carbonyl (C=O) groups is 1. The second-order valence-electron chi connectivity index (χ2n) is 5.41. The molecule has 0 aromatic rings. The Morgan fingerprint density at radius 3 is 2.56 bits per heavy atom. The number of terminal acetylenes is 1. The molecule has 0 unspecified atom stereocenters. The fourth-order valence-electron chi connectivity index (χ4n) is 1.92. The second-order valence-corrected chi connectivity index (χ2v) is 5.41. The number of ether oxygens (including phenoxy) is 1. The van der Waals surface area contributed by atoms with E-state index in [1.807, 2.05) is 27.7 Å². The third-order valence-corrected chi connectivity index (χ3v) is 2.74. The van der Waals surface area contributed by atoms with Crippen LogP contribution in [-0.2, 0) is 4.74 Å². The maximum atomic E-state index is 11.9. The van der Waals surface area contributed by atoms with E-state index in [-0.39, 0.29) is 12.1 Å². The van der Waals surface area contributed by atoms with Crippen molar-refractivity contribution in [1.82, 2.24) is 4.90 Å². The van der Waals surface area contributed by atoms with Gasteiger partial charge in [0.25, 0.3) is 0 Å².